The molecule has 1 unspecified atom stereocenters. The molecule has 1 fully saturated rings. The van der Waals surface area contributed by atoms with Crippen molar-refractivity contribution in [3.05, 3.63) is 47.5 Å². The summed E-state index contributed by atoms with van der Waals surface area (Å²) in [6, 6.07) is 9.65. The Kier molecular flexibility index (Phi) is 7.10. The Morgan fingerprint density at radius 3 is 1.61 bits per heavy atom. The highest BCUT2D eigenvalue weighted by molar-refractivity contribution is 7.46. The van der Waals surface area contributed by atoms with Crippen molar-refractivity contribution < 1.29 is 47.3 Å². The largest absolute Gasteiger partial charge is 0.497 e. The zero-order chi connectivity index (χ0) is 22.6. The Bertz CT molecular complexity index is 906. The topological polar surface area (TPSA) is 122 Å². The number of ether oxygens (including phenoxy) is 6. The molecule has 11 heteroatoms. The molecule has 0 aromatic heterocycles. The molecule has 170 valence electrons. The van der Waals surface area contributed by atoms with Crippen molar-refractivity contribution in [3.63, 3.8) is 0 Å². The number of methoxy groups -OCH3 is 4. The van der Waals surface area contributed by atoms with Crippen LogP contribution in [0.25, 0.3) is 0 Å². The lowest BCUT2D eigenvalue weighted by Gasteiger charge is -2.36. The molecule has 1 aliphatic rings. The highest BCUT2D eigenvalue weighted by Gasteiger charge is 2.51. The molecule has 0 aliphatic carbocycles. The summed E-state index contributed by atoms with van der Waals surface area (Å²) in [7, 11) is 0.899. The molecule has 1 heterocycles. The quantitative estimate of drug-likeness (QED) is 0.545. The number of rotatable bonds is 9. The van der Waals surface area contributed by atoms with Crippen molar-refractivity contribution in [1.29, 1.82) is 0 Å². The molecule has 2 N–H and O–H groups in total. The molecule has 3 rings (SSSR count). The van der Waals surface area contributed by atoms with Crippen LogP contribution in [0.2, 0.25) is 0 Å². The van der Waals surface area contributed by atoms with E-state index in [0.29, 0.717) is 34.1 Å². The first-order chi connectivity index (χ1) is 14.7. The molecule has 0 spiro atoms. The lowest BCUT2D eigenvalue weighted by atomic mass is 9.93. The fourth-order valence-corrected chi connectivity index (χ4v) is 3.91. The fraction of sp³-hybridized carbons (Fsp3) is 0.400. The summed E-state index contributed by atoms with van der Waals surface area (Å²) in [6.45, 7) is 0.337. The smallest absolute Gasteiger partial charge is 0.470 e. The second-order valence-electron chi connectivity index (χ2n) is 6.59. The van der Waals surface area contributed by atoms with E-state index in [9.17, 15) is 14.4 Å². The number of phosphoric ester groups is 1. The molecule has 0 bridgehead atoms. The van der Waals surface area contributed by atoms with Crippen LogP contribution in [0.1, 0.15) is 17.2 Å². The second-order valence-corrected chi connectivity index (χ2v) is 7.78. The normalized spacial score (nSPS) is 16.6. The van der Waals surface area contributed by atoms with Gasteiger partial charge in [0.1, 0.15) is 23.0 Å². The van der Waals surface area contributed by atoms with Crippen LogP contribution in [-0.2, 0) is 24.3 Å². The Morgan fingerprint density at radius 2 is 1.23 bits per heavy atom. The van der Waals surface area contributed by atoms with E-state index in [1.807, 2.05) is 0 Å². The molecule has 0 saturated carbocycles. The second kappa shape index (κ2) is 9.44. The lowest BCUT2D eigenvalue weighted by Crippen LogP contribution is -2.36. The Labute approximate surface area is 179 Å². The van der Waals surface area contributed by atoms with E-state index in [0.717, 1.165) is 0 Å². The van der Waals surface area contributed by atoms with Crippen molar-refractivity contribution in [2.45, 2.75) is 11.9 Å². The summed E-state index contributed by atoms with van der Waals surface area (Å²) >= 11 is 0. The van der Waals surface area contributed by atoms with Crippen LogP contribution in [0, 0.1) is 0 Å². The van der Waals surface area contributed by atoms with Gasteiger partial charge in [0.15, 0.2) is 6.10 Å². The van der Waals surface area contributed by atoms with Crippen molar-refractivity contribution in [3.8, 4) is 23.0 Å². The van der Waals surface area contributed by atoms with Crippen molar-refractivity contribution in [1.82, 2.24) is 0 Å². The zero-order valence-corrected chi connectivity index (χ0v) is 18.5. The molecule has 1 saturated heterocycles. The maximum atomic E-state index is 11.9. The lowest BCUT2D eigenvalue weighted by molar-refractivity contribution is -0.228. The Balaban J connectivity index is 2.24. The van der Waals surface area contributed by atoms with Gasteiger partial charge in [0.25, 0.3) is 0 Å². The van der Waals surface area contributed by atoms with Crippen LogP contribution in [-0.4, -0.2) is 51.4 Å². The summed E-state index contributed by atoms with van der Waals surface area (Å²) in [4.78, 5) is 19.4. The molecule has 31 heavy (non-hydrogen) atoms. The monoisotopic (exact) mass is 456 g/mol. The van der Waals surface area contributed by atoms with Gasteiger partial charge >= 0.3 is 7.82 Å². The first-order valence-electron chi connectivity index (χ1n) is 9.23. The number of hydrogen-bond donors (Lipinski definition) is 2. The van der Waals surface area contributed by atoms with E-state index in [-0.39, 0.29) is 13.2 Å². The first-order valence-corrected chi connectivity index (χ1v) is 10.8. The molecule has 1 aliphatic heterocycles. The number of hydrogen-bond acceptors (Lipinski definition) is 8. The summed E-state index contributed by atoms with van der Waals surface area (Å²) in [6.07, 6.45) is -1.39. The molecule has 1 atom stereocenters. The van der Waals surface area contributed by atoms with E-state index >= 15 is 0 Å². The van der Waals surface area contributed by atoms with Crippen LogP contribution in [0.3, 0.4) is 0 Å². The van der Waals surface area contributed by atoms with Gasteiger partial charge in [-0.15, -0.1) is 0 Å². The minimum Gasteiger partial charge on any atom is -0.497 e. The minimum atomic E-state index is -4.99. The fourth-order valence-electron chi connectivity index (χ4n) is 3.37. The maximum absolute atomic E-state index is 11.9. The van der Waals surface area contributed by atoms with Gasteiger partial charge in [0.05, 0.1) is 41.7 Å². The average Bonchev–Trinajstić information content (AvgIpc) is 3.27. The SMILES string of the molecule is COc1cc(OC)cc(C(OP(=O)(O)O)C2(c3cc(OC)cc(OC)c3)OCCO2)c1. The van der Waals surface area contributed by atoms with Crippen LogP contribution in [0.5, 0.6) is 23.0 Å². The Morgan fingerprint density at radius 1 is 0.806 bits per heavy atom. The van der Waals surface area contributed by atoms with Crippen molar-refractivity contribution in [2.24, 2.45) is 0 Å². The van der Waals surface area contributed by atoms with E-state index < -0.39 is 19.7 Å². The third-order valence-electron chi connectivity index (χ3n) is 4.73. The van der Waals surface area contributed by atoms with E-state index in [1.165, 1.54) is 28.4 Å². The third-order valence-corrected chi connectivity index (χ3v) is 5.22. The van der Waals surface area contributed by atoms with Gasteiger partial charge in [-0.25, -0.2) is 4.57 Å². The maximum Gasteiger partial charge on any atom is 0.470 e. The molecule has 0 amide bonds. The average molecular weight is 456 g/mol. The molecular formula is C20H25O10P. The molecular weight excluding hydrogens is 431 g/mol. The van der Waals surface area contributed by atoms with Gasteiger partial charge in [-0.2, -0.15) is 0 Å². The van der Waals surface area contributed by atoms with Gasteiger partial charge in [-0.1, -0.05) is 0 Å². The predicted molar refractivity (Wildman–Crippen MR) is 109 cm³/mol. The van der Waals surface area contributed by atoms with Gasteiger partial charge in [-0.05, 0) is 29.8 Å². The van der Waals surface area contributed by atoms with Crippen LogP contribution in [0.15, 0.2) is 36.4 Å². The highest BCUT2D eigenvalue weighted by atomic mass is 31.2. The molecule has 2 aromatic rings. The minimum absolute atomic E-state index is 0.168. The molecule has 2 aromatic carbocycles. The van der Waals surface area contributed by atoms with Crippen molar-refractivity contribution in [2.75, 3.05) is 41.7 Å². The van der Waals surface area contributed by atoms with Crippen LogP contribution in [0.4, 0.5) is 0 Å². The van der Waals surface area contributed by atoms with Crippen LogP contribution >= 0.6 is 7.82 Å². The summed E-state index contributed by atoms with van der Waals surface area (Å²) in [5, 5.41) is 0. The van der Waals surface area contributed by atoms with Gasteiger partial charge in [0.2, 0.25) is 5.79 Å². The predicted octanol–water partition coefficient (Wildman–Crippen LogP) is 2.77. The van der Waals surface area contributed by atoms with E-state index in [2.05, 4.69) is 0 Å². The van der Waals surface area contributed by atoms with Crippen molar-refractivity contribution >= 4 is 7.82 Å². The Hall–Kier alpha value is -2.33. The zero-order valence-electron chi connectivity index (χ0n) is 17.6. The number of phosphoric acid groups is 1. The summed E-state index contributed by atoms with van der Waals surface area (Å²) in [5.41, 5.74) is 0.699. The van der Waals surface area contributed by atoms with E-state index in [1.54, 1.807) is 36.4 Å². The standard InChI is InChI=1S/C20H25O10P/c1-24-15-7-13(8-16(11-15)25-2)19(30-31(21,22)23)20(28-5-6-29-20)14-9-17(26-3)12-18(10-14)27-4/h7-12,19H,5-6H2,1-4H3,(H2,21,22,23). The van der Waals surface area contributed by atoms with Gasteiger partial charge < -0.3 is 38.2 Å². The van der Waals surface area contributed by atoms with Gasteiger partial charge in [-0.3, -0.25) is 4.52 Å². The highest BCUT2D eigenvalue weighted by Crippen LogP contribution is 2.54. The molecule has 0 radical (unpaired) electrons. The van der Waals surface area contributed by atoms with Crippen LogP contribution < -0.4 is 18.9 Å². The molecule has 10 nitrogen and oxygen atoms in total. The number of benzene rings is 2. The van der Waals surface area contributed by atoms with Gasteiger partial charge in [0, 0.05) is 17.7 Å². The van der Waals surface area contributed by atoms with E-state index in [4.69, 9.17) is 32.9 Å². The first kappa shape index (κ1) is 23.3. The third kappa shape index (κ3) is 5.12. The summed E-state index contributed by atoms with van der Waals surface area (Å²) < 4.78 is 50.4. The summed E-state index contributed by atoms with van der Waals surface area (Å²) in [5.74, 6) is -0.0487.